The zero-order valence-corrected chi connectivity index (χ0v) is 15.7. The number of fused-ring (bicyclic) bond motifs is 1. The summed E-state index contributed by atoms with van der Waals surface area (Å²) < 4.78 is 69.4. The van der Waals surface area contributed by atoms with Gasteiger partial charge in [-0.15, -0.1) is 0 Å². The number of benzene rings is 1. The molecule has 1 heterocycles. The molecule has 0 atom stereocenters. The summed E-state index contributed by atoms with van der Waals surface area (Å²) in [7, 11) is -4.47. The highest BCUT2D eigenvalue weighted by Crippen LogP contribution is 2.20. The largest absolute Gasteiger partial charge is 0.741 e. The highest BCUT2D eigenvalue weighted by atomic mass is 32.2. The number of methoxy groups -OCH3 is 1. The molecule has 2 rings (SSSR count). The number of carbonyl (C=O) groups is 1. The third kappa shape index (κ3) is 7.06. The second-order valence-electron chi connectivity index (χ2n) is 6.29. The predicted molar refractivity (Wildman–Crippen MR) is 87.8 cm³/mol. The zero-order valence-electron chi connectivity index (χ0n) is 14.9. The van der Waals surface area contributed by atoms with E-state index in [-0.39, 0.29) is 0 Å². The molecule has 0 bridgehead atoms. The lowest BCUT2D eigenvalue weighted by molar-refractivity contribution is -0.478. The molecule has 0 aliphatic carbocycles. The Hall–Kier alpha value is -2.34. The van der Waals surface area contributed by atoms with Crippen molar-refractivity contribution < 1.29 is 45.4 Å². The maximum absolute atomic E-state index is 11.7. The van der Waals surface area contributed by atoms with E-state index in [1.54, 1.807) is 7.11 Å². The number of carbonyl (C=O) groups excluding carboxylic acids is 1. The Morgan fingerprint density at radius 3 is 2.26 bits per heavy atom. The van der Waals surface area contributed by atoms with E-state index in [0.717, 1.165) is 23.6 Å². The number of rotatable bonds is 1. The Bertz CT molecular complexity index is 829. The summed E-state index contributed by atoms with van der Waals surface area (Å²) in [5, 5.41) is 2.71. The van der Waals surface area contributed by atoms with Gasteiger partial charge in [-0.2, -0.15) is 13.2 Å². The van der Waals surface area contributed by atoms with Crippen LogP contribution in [0.4, 0.5) is 23.7 Å². The molecule has 0 saturated carbocycles. The summed E-state index contributed by atoms with van der Waals surface area (Å²) in [6.07, 6.45) is -0.461. The molecule has 12 heteroatoms. The van der Waals surface area contributed by atoms with E-state index in [4.69, 9.17) is 22.4 Å². The van der Waals surface area contributed by atoms with Crippen molar-refractivity contribution in [3.05, 3.63) is 29.3 Å². The maximum Gasteiger partial charge on any atom is 0.485 e. The van der Waals surface area contributed by atoms with Crippen LogP contribution in [0.25, 0.3) is 0 Å². The van der Waals surface area contributed by atoms with Gasteiger partial charge in [0.2, 0.25) is 0 Å². The Labute approximate surface area is 154 Å². The molecule has 0 spiro atoms. The van der Waals surface area contributed by atoms with Crippen molar-refractivity contribution in [3.8, 4) is 0 Å². The molecular weight excluding hydrogens is 393 g/mol. The van der Waals surface area contributed by atoms with Crippen LogP contribution in [0.3, 0.4) is 0 Å². The van der Waals surface area contributed by atoms with E-state index in [1.165, 1.54) is 0 Å². The molecule has 1 aromatic carbocycles. The Morgan fingerprint density at radius 1 is 1.26 bits per heavy atom. The number of amides is 1. The number of ether oxygens (including phenoxy) is 2. The highest BCUT2D eigenvalue weighted by molar-refractivity contribution is 7.86. The van der Waals surface area contributed by atoms with Crippen LogP contribution < -0.4 is 10.3 Å². The van der Waals surface area contributed by atoms with Crippen LogP contribution in [0.5, 0.6) is 0 Å². The molecular formula is C15H19F3N2O6S. The van der Waals surface area contributed by atoms with E-state index >= 15 is 0 Å². The summed E-state index contributed by atoms with van der Waals surface area (Å²) in [5.41, 5.74) is -3.35. The van der Waals surface area contributed by atoms with Crippen LogP contribution in [-0.4, -0.2) is 43.2 Å². The number of halogens is 3. The SMILES string of the molecule is COC1=[NH+]Cc2ccc(NC(=O)OC(C)(C)C)cc21.O=S(=O)([O-])C(F)(F)F. The van der Waals surface area contributed by atoms with E-state index in [2.05, 4.69) is 10.3 Å². The van der Waals surface area contributed by atoms with Gasteiger partial charge in [0.25, 0.3) is 0 Å². The van der Waals surface area contributed by atoms with E-state index in [9.17, 15) is 18.0 Å². The molecule has 1 amide bonds. The van der Waals surface area contributed by atoms with E-state index in [1.807, 2.05) is 39.0 Å². The highest BCUT2D eigenvalue weighted by Gasteiger charge is 2.36. The molecule has 27 heavy (non-hydrogen) atoms. The van der Waals surface area contributed by atoms with Crippen molar-refractivity contribution in [2.45, 2.75) is 38.4 Å². The summed E-state index contributed by atoms with van der Waals surface area (Å²) in [5.74, 6) is 0.725. The quantitative estimate of drug-likeness (QED) is 0.526. The molecule has 0 saturated heterocycles. The molecule has 8 nitrogen and oxygen atoms in total. The van der Waals surface area contributed by atoms with Gasteiger partial charge in [0.05, 0.1) is 12.7 Å². The molecule has 0 unspecified atom stereocenters. The fourth-order valence-electron chi connectivity index (χ4n) is 1.89. The standard InChI is InChI=1S/C14H18N2O3.CHF3O3S/c1-14(2,3)19-13(17)16-10-6-5-9-8-15-12(18-4)11(9)7-10;2-1(3,4)8(5,6)7/h5-7H,8H2,1-4H3,(H,16,17);(H,5,6,7). The molecule has 2 N–H and O–H groups in total. The summed E-state index contributed by atoms with van der Waals surface area (Å²) in [6, 6.07) is 5.68. The van der Waals surface area contributed by atoms with Gasteiger partial charge in [0.1, 0.15) is 5.60 Å². The van der Waals surface area contributed by atoms with Gasteiger partial charge >= 0.3 is 17.5 Å². The van der Waals surface area contributed by atoms with Crippen LogP contribution in [0, 0.1) is 0 Å². The smallest absolute Gasteiger partial charge is 0.485 e. The van der Waals surface area contributed by atoms with Gasteiger partial charge in [-0.1, -0.05) is 0 Å². The summed E-state index contributed by atoms with van der Waals surface area (Å²) >= 11 is 0. The fraction of sp³-hybridized carbons (Fsp3) is 0.467. The molecule has 0 fully saturated rings. The number of hydrogen-bond acceptors (Lipinski definition) is 6. The minimum absolute atomic E-state index is 0.461. The Balaban J connectivity index is 0.000000387. The van der Waals surface area contributed by atoms with Crippen LogP contribution in [0.1, 0.15) is 31.9 Å². The van der Waals surface area contributed by atoms with Crippen molar-refractivity contribution in [2.75, 3.05) is 12.4 Å². The van der Waals surface area contributed by atoms with Gasteiger partial charge in [0, 0.05) is 11.3 Å². The molecule has 1 aromatic rings. The van der Waals surface area contributed by atoms with Crippen molar-refractivity contribution in [1.82, 2.24) is 0 Å². The van der Waals surface area contributed by atoms with Crippen LogP contribution in [0.2, 0.25) is 0 Å². The molecule has 1 aliphatic heterocycles. The van der Waals surface area contributed by atoms with E-state index < -0.39 is 27.3 Å². The van der Waals surface area contributed by atoms with Gasteiger partial charge < -0.3 is 14.0 Å². The number of hydrogen-bond donors (Lipinski definition) is 2. The molecule has 152 valence electrons. The van der Waals surface area contributed by atoms with Crippen molar-refractivity contribution in [2.24, 2.45) is 0 Å². The van der Waals surface area contributed by atoms with Crippen molar-refractivity contribution in [3.63, 3.8) is 0 Å². The number of nitrogens with one attached hydrogen (secondary N) is 2. The van der Waals surface area contributed by atoms with Crippen LogP contribution >= 0.6 is 0 Å². The maximum atomic E-state index is 11.7. The average molecular weight is 412 g/mol. The molecule has 0 aromatic heterocycles. The number of alkyl halides is 3. The molecule has 0 radical (unpaired) electrons. The lowest BCUT2D eigenvalue weighted by Crippen LogP contribution is -2.68. The fourth-order valence-corrected chi connectivity index (χ4v) is 1.89. The second-order valence-corrected chi connectivity index (χ2v) is 7.66. The Kier molecular flexibility index (Phi) is 6.83. The van der Waals surface area contributed by atoms with Crippen LogP contribution in [-0.2, 0) is 26.1 Å². The van der Waals surface area contributed by atoms with Crippen LogP contribution in [0.15, 0.2) is 18.2 Å². The first kappa shape index (κ1) is 22.7. The van der Waals surface area contributed by atoms with Gasteiger partial charge in [0.15, 0.2) is 16.7 Å². The third-order valence-electron chi connectivity index (χ3n) is 2.93. The Morgan fingerprint density at radius 2 is 1.81 bits per heavy atom. The lowest BCUT2D eigenvalue weighted by atomic mass is 10.1. The molecule has 1 aliphatic rings. The first-order chi connectivity index (χ1) is 12.1. The second kappa shape index (κ2) is 8.13. The first-order valence-corrected chi connectivity index (χ1v) is 8.85. The van der Waals surface area contributed by atoms with E-state index in [0.29, 0.717) is 5.69 Å². The zero-order chi connectivity index (χ0) is 21.0. The minimum atomic E-state index is -6.09. The minimum Gasteiger partial charge on any atom is -0.741 e. The van der Waals surface area contributed by atoms with Gasteiger partial charge in [-0.25, -0.2) is 18.2 Å². The summed E-state index contributed by atoms with van der Waals surface area (Å²) in [6.45, 7) is 6.23. The monoisotopic (exact) mass is 412 g/mol. The topological polar surface area (TPSA) is 119 Å². The van der Waals surface area contributed by atoms with Crippen molar-refractivity contribution >= 4 is 27.8 Å². The van der Waals surface area contributed by atoms with Crippen molar-refractivity contribution in [1.29, 1.82) is 0 Å². The predicted octanol–water partition coefficient (Wildman–Crippen LogP) is 1.07. The normalized spacial score (nSPS) is 13.7. The first-order valence-electron chi connectivity index (χ1n) is 7.44. The lowest BCUT2D eigenvalue weighted by Gasteiger charge is -2.19. The third-order valence-corrected chi connectivity index (χ3v) is 3.49. The average Bonchev–Trinajstić information content (AvgIpc) is 2.86. The van der Waals surface area contributed by atoms with Gasteiger partial charge in [-0.05, 0) is 39.0 Å². The van der Waals surface area contributed by atoms with Gasteiger partial charge in [-0.3, -0.25) is 5.32 Å². The summed E-state index contributed by atoms with van der Waals surface area (Å²) in [4.78, 5) is 14.8. The number of anilines is 1.